The van der Waals surface area contributed by atoms with Crippen LogP contribution in [0.3, 0.4) is 0 Å². The van der Waals surface area contributed by atoms with Crippen LogP contribution >= 0.6 is 0 Å². The number of nitrogens with zero attached hydrogens (tertiary/aromatic N) is 2. The van der Waals surface area contributed by atoms with Gasteiger partial charge in [0.05, 0.1) is 0 Å². The molecular formula is C26H32N4O3. The number of hydrogen-bond acceptors (Lipinski definition) is 5. The topological polar surface area (TPSA) is 108 Å². The smallest absolute Gasteiger partial charge is 0.170 e. The van der Waals surface area contributed by atoms with Crippen molar-refractivity contribution >= 4 is 11.7 Å². The highest BCUT2D eigenvalue weighted by Crippen LogP contribution is 2.29. The second kappa shape index (κ2) is 12.3. The van der Waals surface area contributed by atoms with Crippen molar-refractivity contribution in [2.45, 2.75) is 39.5 Å². The zero-order valence-corrected chi connectivity index (χ0v) is 19.3. The molecule has 4 N–H and O–H groups in total. The molecule has 3 rings (SSSR count). The van der Waals surface area contributed by atoms with Gasteiger partial charge in [-0.3, -0.25) is 0 Å². The summed E-state index contributed by atoms with van der Waals surface area (Å²) in [4.78, 5) is 10.5. The number of benzene rings is 2. The molecule has 1 aromatic heterocycles. The summed E-state index contributed by atoms with van der Waals surface area (Å²) in [6, 6.07) is 19.3. The van der Waals surface area contributed by atoms with Crippen molar-refractivity contribution in [3.05, 3.63) is 71.8 Å². The van der Waals surface area contributed by atoms with Crippen LogP contribution < -0.4 is 11.5 Å². The molecule has 174 valence electrons. The first-order valence-corrected chi connectivity index (χ1v) is 11.3. The number of rotatable bonds is 12. The Morgan fingerprint density at radius 1 is 0.667 bits per heavy atom. The van der Waals surface area contributed by atoms with Crippen LogP contribution in [0.4, 0.5) is 0 Å². The Hall–Kier alpha value is -3.74. The maximum absolute atomic E-state index is 6.07. The van der Waals surface area contributed by atoms with Crippen molar-refractivity contribution in [1.82, 2.24) is 0 Å². The molecule has 0 unspecified atom stereocenters. The van der Waals surface area contributed by atoms with Crippen molar-refractivity contribution in [3.63, 3.8) is 0 Å². The molecule has 0 saturated carbocycles. The van der Waals surface area contributed by atoms with Crippen LogP contribution in [0.15, 0.2) is 75.4 Å². The summed E-state index contributed by atoms with van der Waals surface area (Å²) in [5.41, 5.74) is 15.5. The van der Waals surface area contributed by atoms with E-state index in [0.717, 1.165) is 59.5 Å². The summed E-state index contributed by atoms with van der Waals surface area (Å²) in [6.07, 6.45) is 4.01. The normalized spacial score (nSPS) is 12.1. The van der Waals surface area contributed by atoms with E-state index in [1.54, 1.807) is 0 Å². The predicted molar refractivity (Wildman–Crippen MR) is 133 cm³/mol. The fourth-order valence-electron chi connectivity index (χ4n) is 3.01. The summed E-state index contributed by atoms with van der Waals surface area (Å²) in [6.45, 7) is 5.33. The van der Waals surface area contributed by atoms with Gasteiger partial charge in [0.25, 0.3) is 0 Å². The Labute approximate surface area is 195 Å². The molecule has 0 spiro atoms. The summed E-state index contributed by atoms with van der Waals surface area (Å²) < 4.78 is 6.07. The lowest BCUT2D eigenvalue weighted by Crippen LogP contribution is -2.13. The van der Waals surface area contributed by atoms with Crippen LogP contribution in [0.25, 0.3) is 22.6 Å². The first-order valence-electron chi connectivity index (χ1n) is 11.3. The highest BCUT2D eigenvalue weighted by Gasteiger charge is 2.09. The van der Waals surface area contributed by atoms with E-state index in [-0.39, 0.29) is 0 Å². The highest BCUT2D eigenvalue weighted by molar-refractivity contribution is 5.98. The molecule has 7 heteroatoms. The maximum atomic E-state index is 6.07. The van der Waals surface area contributed by atoms with Gasteiger partial charge in [-0.05, 0) is 25.0 Å². The number of furan rings is 1. The quantitative estimate of drug-likeness (QED) is 0.165. The zero-order chi connectivity index (χ0) is 23.5. The van der Waals surface area contributed by atoms with E-state index < -0.39 is 0 Å². The number of oxime groups is 2. The number of nitrogens with two attached hydrogens (primary N) is 2. The molecule has 0 aliphatic heterocycles. The van der Waals surface area contributed by atoms with Crippen molar-refractivity contribution < 1.29 is 14.1 Å². The highest BCUT2D eigenvalue weighted by atomic mass is 16.6. The van der Waals surface area contributed by atoms with E-state index in [2.05, 4.69) is 24.2 Å². The minimum atomic E-state index is 0.358. The first-order chi connectivity index (χ1) is 16.1. The van der Waals surface area contributed by atoms with E-state index in [1.807, 2.05) is 60.7 Å². The van der Waals surface area contributed by atoms with Gasteiger partial charge in [-0.2, -0.15) is 0 Å². The SMILES string of the molecule is CCCCO/N=C(\N)c1ccc(-c2ccc(-c3ccc(/C(N)=N\OCCCC)cc3)o2)cc1. The minimum absolute atomic E-state index is 0.358. The Bertz CT molecular complexity index is 970. The van der Waals surface area contributed by atoms with Crippen molar-refractivity contribution in [1.29, 1.82) is 0 Å². The first kappa shape index (κ1) is 23.9. The average Bonchev–Trinajstić information content (AvgIpc) is 3.35. The molecule has 0 fully saturated rings. The number of unbranched alkanes of at least 4 members (excludes halogenated alkanes) is 2. The van der Waals surface area contributed by atoms with Crippen LogP contribution in [0.2, 0.25) is 0 Å². The summed E-state index contributed by atoms with van der Waals surface area (Å²) in [5, 5.41) is 7.94. The maximum Gasteiger partial charge on any atom is 0.170 e. The van der Waals surface area contributed by atoms with E-state index >= 15 is 0 Å². The fraction of sp³-hybridized carbons (Fsp3) is 0.308. The Kier molecular flexibility index (Phi) is 8.94. The van der Waals surface area contributed by atoms with E-state index in [1.165, 1.54) is 0 Å². The van der Waals surface area contributed by atoms with Gasteiger partial charge in [0, 0.05) is 22.3 Å². The second-order valence-electron chi connectivity index (χ2n) is 7.65. The zero-order valence-electron chi connectivity index (χ0n) is 19.3. The van der Waals surface area contributed by atoms with Crippen molar-refractivity contribution in [3.8, 4) is 22.6 Å². The molecule has 0 saturated heterocycles. The lowest BCUT2D eigenvalue weighted by molar-refractivity contribution is 0.141. The molecule has 2 aromatic carbocycles. The van der Waals surface area contributed by atoms with Gasteiger partial charge in [-0.1, -0.05) is 85.5 Å². The lowest BCUT2D eigenvalue weighted by Gasteiger charge is -2.04. The summed E-state index contributed by atoms with van der Waals surface area (Å²) in [7, 11) is 0. The molecule has 1 heterocycles. The standard InChI is InChI=1S/C26H32N4O3/c1-3-5-17-31-29-25(27)21-11-7-19(8-12-21)23-15-16-24(33-23)20-9-13-22(14-10-20)26(28)30-32-18-6-4-2/h7-16H,3-6,17-18H2,1-2H3,(H2,27,29)(H2,28,30). The van der Waals surface area contributed by atoms with Crippen LogP contribution in [0.5, 0.6) is 0 Å². The molecule has 0 radical (unpaired) electrons. The van der Waals surface area contributed by atoms with E-state index in [9.17, 15) is 0 Å². The molecular weight excluding hydrogens is 416 g/mol. The van der Waals surface area contributed by atoms with E-state index in [4.69, 9.17) is 25.6 Å². The Morgan fingerprint density at radius 2 is 1.06 bits per heavy atom. The Balaban J connectivity index is 1.65. The van der Waals surface area contributed by atoms with E-state index in [0.29, 0.717) is 24.9 Å². The fourth-order valence-corrected chi connectivity index (χ4v) is 3.01. The van der Waals surface area contributed by atoms with Crippen molar-refractivity contribution in [2.75, 3.05) is 13.2 Å². The average molecular weight is 449 g/mol. The Morgan fingerprint density at radius 3 is 1.42 bits per heavy atom. The van der Waals surface area contributed by atoms with Gasteiger partial charge < -0.3 is 25.6 Å². The molecule has 0 amide bonds. The van der Waals surface area contributed by atoms with Gasteiger partial charge in [-0.25, -0.2) is 0 Å². The van der Waals surface area contributed by atoms with Crippen LogP contribution in [0, 0.1) is 0 Å². The third kappa shape index (κ3) is 6.87. The summed E-state index contributed by atoms with van der Waals surface area (Å²) in [5.74, 6) is 2.24. The molecule has 0 bridgehead atoms. The molecule has 0 atom stereocenters. The van der Waals surface area contributed by atoms with Crippen LogP contribution in [0.1, 0.15) is 50.7 Å². The lowest BCUT2D eigenvalue weighted by atomic mass is 10.1. The van der Waals surface area contributed by atoms with Gasteiger partial charge in [0.15, 0.2) is 11.7 Å². The van der Waals surface area contributed by atoms with Gasteiger partial charge in [0.2, 0.25) is 0 Å². The van der Waals surface area contributed by atoms with Gasteiger partial charge in [-0.15, -0.1) is 0 Å². The number of amidine groups is 2. The molecule has 0 aliphatic rings. The summed E-state index contributed by atoms with van der Waals surface area (Å²) >= 11 is 0. The largest absolute Gasteiger partial charge is 0.456 e. The monoisotopic (exact) mass is 448 g/mol. The van der Waals surface area contributed by atoms with Gasteiger partial charge in [0.1, 0.15) is 24.7 Å². The van der Waals surface area contributed by atoms with Crippen LogP contribution in [-0.4, -0.2) is 24.9 Å². The number of hydrogen-bond donors (Lipinski definition) is 2. The minimum Gasteiger partial charge on any atom is -0.456 e. The van der Waals surface area contributed by atoms with Gasteiger partial charge >= 0.3 is 0 Å². The second-order valence-corrected chi connectivity index (χ2v) is 7.65. The molecule has 0 aliphatic carbocycles. The molecule has 3 aromatic rings. The van der Waals surface area contributed by atoms with Crippen LogP contribution in [-0.2, 0) is 9.68 Å². The molecule has 33 heavy (non-hydrogen) atoms. The third-order valence-electron chi connectivity index (χ3n) is 5.04. The third-order valence-corrected chi connectivity index (χ3v) is 5.04. The molecule has 7 nitrogen and oxygen atoms in total. The van der Waals surface area contributed by atoms with Crippen molar-refractivity contribution in [2.24, 2.45) is 21.8 Å². The predicted octanol–water partition coefficient (Wildman–Crippen LogP) is 5.49.